The van der Waals surface area contributed by atoms with Crippen molar-refractivity contribution in [2.45, 2.75) is 32.0 Å². The Morgan fingerprint density at radius 3 is 3.00 bits per heavy atom. The second kappa shape index (κ2) is 6.92. The summed E-state index contributed by atoms with van der Waals surface area (Å²) in [6, 6.07) is 9.94. The second-order valence-corrected chi connectivity index (χ2v) is 5.47. The lowest BCUT2D eigenvalue weighted by Crippen LogP contribution is -2.46. The average Bonchev–Trinajstić information content (AvgIpc) is 3.06. The summed E-state index contributed by atoms with van der Waals surface area (Å²) in [7, 11) is 1.76. The van der Waals surface area contributed by atoms with Gasteiger partial charge in [-0.1, -0.05) is 12.1 Å². The monoisotopic (exact) mass is 309 g/mol. The van der Waals surface area contributed by atoms with Crippen molar-refractivity contribution < 1.29 is 0 Å². The van der Waals surface area contributed by atoms with Gasteiger partial charge < -0.3 is 10.6 Å². The first-order valence-corrected chi connectivity index (χ1v) is 7.61. The first-order valence-electron chi connectivity index (χ1n) is 7.61. The predicted molar refractivity (Wildman–Crippen MR) is 86.6 cm³/mol. The fourth-order valence-corrected chi connectivity index (χ4v) is 2.63. The number of aliphatic imine (C=N–C) groups is 1. The highest BCUT2D eigenvalue weighted by Crippen LogP contribution is 2.11. The highest BCUT2D eigenvalue weighted by atomic mass is 15.4. The summed E-state index contributed by atoms with van der Waals surface area (Å²) < 4.78 is 1.94. The van der Waals surface area contributed by atoms with Crippen molar-refractivity contribution in [2.24, 2.45) is 4.99 Å². The molecule has 1 atom stereocenters. The van der Waals surface area contributed by atoms with E-state index in [1.807, 2.05) is 28.9 Å². The first kappa shape index (κ1) is 15.0. The molecular weight excluding hydrogens is 290 g/mol. The molecule has 0 radical (unpaired) electrons. The molecule has 2 aromatic rings. The van der Waals surface area contributed by atoms with Crippen LogP contribution in [0, 0.1) is 11.3 Å². The minimum Gasteiger partial charge on any atom is -0.352 e. The maximum absolute atomic E-state index is 8.81. The molecule has 1 aromatic heterocycles. The van der Waals surface area contributed by atoms with Crippen molar-refractivity contribution in [1.29, 1.82) is 5.26 Å². The number of aryl methyl sites for hydroxylation is 1. The van der Waals surface area contributed by atoms with Crippen molar-refractivity contribution >= 4 is 5.96 Å². The van der Waals surface area contributed by atoms with Gasteiger partial charge in [-0.15, -0.1) is 0 Å². The highest BCUT2D eigenvalue weighted by molar-refractivity contribution is 5.79. The van der Waals surface area contributed by atoms with Crippen molar-refractivity contribution in [3.05, 3.63) is 47.5 Å². The van der Waals surface area contributed by atoms with Crippen LogP contribution in [-0.2, 0) is 19.5 Å². The van der Waals surface area contributed by atoms with Gasteiger partial charge >= 0.3 is 0 Å². The summed E-state index contributed by atoms with van der Waals surface area (Å²) in [5, 5.41) is 19.8. The second-order valence-electron chi connectivity index (χ2n) is 5.47. The van der Waals surface area contributed by atoms with Crippen LogP contribution in [0.25, 0.3) is 0 Å². The molecule has 3 rings (SSSR count). The number of hydrogen-bond donors (Lipinski definition) is 2. The molecule has 2 N–H and O–H groups in total. The fraction of sp³-hybridized carbons (Fsp3) is 0.375. The largest absolute Gasteiger partial charge is 0.352 e. The van der Waals surface area contributed by atoms with Crippen LogP contribution in [0.1, 0.15) is 23.4 Å². The lowest BCUT2D eigenvalue weighted by molar-refractivity contribution is 0.392. The van der Waals surface area contributed by atoms with Crippen molar-refractivity contribution in [2.75, 3.05) is 7.05 Å². The smallest absolute Gasteiger partial charge is 0.191 e. The van der Waals surface area contributed by atoms with Crippen LogP contribution in [0.5, 0.6) is 0 Å². The van der Waals surface area contributed by atoms with Crippen molar-refractivity contribution in [1.82, 2.24) is 25.4 Å². The van der Waals surface area contributed by atoms with E-state index < -0.39 is 0 Å². The number of nitriles is 1. The quantitative estimate of drug-likeness (QED) is 0.647. The van der Waals surface area contributed by atoms with Gasteiger partial charge in [0.25, 0.3) is 0 Å². The molecule has 118 valence electrons. The lowest BCUT2D eigenvalue weighted by Gasteiger charge is -2.25. The van der Waals surface area contributed by atoms with E-state index in [1.165, 1.54) is 0 Å². The SMILES string of the molecule is CN=C(NCc1ccc(C#N)cc1)NC1CCc2ncnn2C1. The molecule has 2 heterocycles. The fourth-order valence-electron chi connectivity index (χ4n) is 2.63. The molecule has 0 saturated heterocycles. The van der Waals surface area contributed by atoms with E-state index in [2.05, 4.69) is 31.8 Å². The number of benzene rings is 1. The summed E-state index contributed by atoms with van der Waals surface area (Å²) in [4.78, 5) is 8.51. The first-order chi connectivity index (χ1) is 11.3. The molecule has 0 saturated carbocycles. The van der Waals surface area contributed by atoms with Gasteiger partial charge in [-0.05, 0) is 24.1 Å². The van der Waals surface area contributed by atoms with Crippen LogP contribution in [0.15, 0.2) is 35.6 Å². The van der Waals surface area contributed by atoms with Gasteiger partial charge in [-0.3, -0.25) is 4.99 Å². The molecule has 0 fully saturated rings. The number of aromatic nitrogens is 3. The normalized spacial score (nSPS) is 17.2. The van der Waals surface area contributed by atoms with Gasteiger partial charge in [0.15, 0.2) is 5.96 Å². The summed E-state index contributed by atoms with van der Waals surface area (Å²) in [5.41, 5.74) is 1.77. The maximum atomic E-state index is 8.81. The summed E-state index contributed by atoms with van der Waals surface area (Å²) in [6.45, 7) is 1.46. The number of fused-ring (bicyclic) bond motifs is 1. The number of rotatable bonds is 3. The van der Waals surface area contributed by atoms with Gasteiger partial charge in [-0.25, -0.2) is 9.67 Å². The molecule has 1 aliphatic rings. The molecule has 0 spiro atoms. The third kappa shape index (κ3) is 3.66. The Hall–Kier alpha value is -2.88. The van der Waals surface area contributed by atoms with Gasteiger partial charge in [0.05, 0.1) is 18.2 Å². The van der Waals surface area contributed by atoms with Crippen LogP contribution < -0.4 is 10.6 Å². The molecule has 1 aliphatic heterocycles. The lowest BCUT2D eigenvalue weighted by atomic mass is 10.1. The van der Waals surface area contributed by atoms with Crippen LogP contribution in [0.2, 0.25) is 0 Å². The maximum Gasteiger partial charge on any atom is 0.191 e. The average molecular weight is 309 g/mol. The van der Waals surface area contributed by atoms with E-state index in [9.17, 15) is 0 Å². The topological polar surface area (TPSA) is 90.9 Å². The minimum atomic E-state index is 0.288. The van der Waals surface area contributed by atoms with Crippen molar-refractivity contribution in [3.8, 4) is 6.07 Å². The van der Waals surface area contributed by atoms with E-state index in [0.29, 0.717) is 12.1 Å². The third-order valence-electron chi connectivity index (χ3n) is 3.91. The molecule has 1 unspecified atom stereocenters. The molecule has 0 amide bonds. The highest BCUT2D eigenvalue weighted by Gasteiger charge is 2.20. The summed E-state index contributed by atoms with van der Waals surface area (Å²) in [5.74, 6) is 1.81. The number of nitrogens with one attached hydrogen (secondary N) is 2. The minimum absolute atomic E-state index is 0.288. The summed E-state index contributed by atoms with van der Waals surface area (Å²) >= 11 is 0. The van der Waals surface area contributed by atoms with E-state index in [0.717, 1.165) is 36.7 Å². The molecule has 0 bridgehead atoms. The number of hydrogen-bond acceptors (Lipinski definition) is 4. The molecule has 1 aromatic carbocycles. The van der Waals surface area contributed by atoms with Crippen molar-refractivity contribution in [3.63, 3.8) is 0 Å². The molecule has 0 aliphatic carbocycles. The standard InChI is InChI=1S/C16H19N7/c1-18-16(19-9-13-4-2-12(8-17)3-5-13)22-14-6-7-15-20-11-21-23(15)10-14/h2-5,11,14H,6-7,9-10H2,1H3,(H2,18,19,22). The van der Waals surface area contributed by atoms with E-state index in [-0.39, 0.29) is 6.04 Å². The Morgan fingerprint density at radius 2 is 2.26 bits per heavy atom. The van der Waals surface area contributed by atoms with E-state index in [1.54, 1.807) is 13.4 Å². The molecule has 7 heteroatoms. The van der Waals surface area contributed by atoms with Gasteiger partial charge in [0, 0.05) is 26.1 Å². The predicted octanol–water partition coefficient (Wildman–Crippen LogP) is 0.830. The zero-order valence-corrected chi connectivity index (χ0v) is 13.0. The van der Waals surface area contributed by atoms with Crippen LogP contribution in [0.4, 0.5) is 0 Å². The zero-order chi connectivity index (χ0) is 16.1. The van der Waals surface area contributed by atoms with Crippen LogP contribution in [-0.4, -0.2) is 33.8 Å². The zero-order valence-electron chi connectivity index (χ0n) is 13.0. The van der Waals surface area contributed by atoms with Gasteiger partial charge in [0.1, 0.15) is 12.2 Å². The van der Waals surface area contributed by atoms with Gasteiger partial charge in [0.2, 0.25) is 0 Å². The Kier molecular flexibility index (Phi) is 4.52. The third-order valence-corrected chi connectivity index (χ3v) is 3.91. The molecule has 7 nitrogen and oxygen atoms in total. The molecule has 23 heavy (non-hydrogen) atoms. The van der Waals surface area contributed by atoms with Crippen LogP contribution in [0.3, 0.4) is 0 Å². The Morgan fingerprint density at radius 1 is 1.43 bits per heavy atom. The Bertz CT molecular complexity index is 724. The Labute approximate surface area is 135 Å². The summed E-state index contributed by atoms with van der Waals surface area (Å²) in [6.07, 6.45) is 3.54. The number of nitrogens with zero attached hydrogens (tertiary/aromatic N) is 5. The van der Waals surface area contributed by atoms with E-state index in [4.69, 9.17) is 5.26 Å². The number of guanidine groups is 1. The van der Waals surface area contributed by atoms with Crippen LogP contribution >= 0.6 is 0 Å². The van der Waals surface area contributed by atoms with Gasteiger partial charge in [-0.2, -0.15) is 10.4 Å². The Balaban J connectivity index is 1.53. The molecular formula is C16H19N7. The van der Waals surface area contributed by atoms with E-state index >= 15 is 0 Å².